The summed E-state index contributed by atoms with van der Waals surface area (Å²) >= 11 is 0. The van der Waals surface area contributed by atoms with E-state index >= 15 is 0 Å². The van der Waals surface area contributed by atoms with Gasteiger partial charge in [-0.25, -0.2) is 0 Å². The van der Waals surface area contributed by atoms with E-state index in [1.54, 1.807) is 6.07 Å². The molecule has 3 nitrogen and oxygen atoms in total. The SMILES string of the molecule is CCOCc1ccc(O)cc1O. The van der Waals surface area contributed by atoms with Gasteiger partial charge in [-0.05, 0) is 19.1 Å². The Bertz CT molecular complexity index is 258. The van der Waals surface area contributed by atoms with Crippen molar-refractivity contribution in [1.29, 1.82) is 0 Å². The summed E-state index contributed by atoms with van der Waals surface area (Å²) in [4.78, 5) is 0. The van der Waals surface area contributed by atoms with Gasteiger partial charge in [-0.1, -0.05) is 0 Å². The second-order valence-corrected chi connectivity index (χ2v) is 2.45. The van der Waals surface area contributed by atoms with Gasteiger partial charge in [0.15, 0.2) is 0 Å². The number of hydrogen-bond donors (Lipinski definition) is 2. The molecule has 12 heavy (non-hydrogen) atoms. The normalized spacial score (nSPS) is 10.1. The minimum atomic E-state index is 0.0627. The summed E-state index contributed by atoms with van der Waals surface area (Å²) < 4.78 is 5.10. The molecular weight excluding hydrogens is 156 g/mol. The molecule has 0 fully saturated rings. The molecule has 0 aromatic heterocycles. The van der Waals surface area contributed by atoms with E-state index in [1.807, 2.05) is 6.92 Å². The van der Waals surface area contributed by atoms with Gasteiger partial charge in [0.25, 0.3) is 0 Å². The van der Waals surface area contributed by atoms with E-state index in [0.717, 1.165) is 0 Å². The van der Waals surface area contributed by atoms with Crippen molar-refractivity contribution in [2.45, 2.75) is 13.5 Å². The molecule has 0 saturated heterocycles. The molecule has 0 aliphatic carbocycles. The number of benzene rings is 1. The summed E-state index contributed by atoms with van der Waals surface area (Å²) in [6.45, 7) is 2.88. The van der Waals surface area contributed by atoms with Crippen molar-refractivity contribution in [3.05, 3.63) is 23.8 Å². The first-order valence-electron chi connectivity index (χ1n) is 3.82. The third-order valence-corrected chi connectivity index (χ3v) is 1.53. The fourth-order valence-corrected chi connectivity index (χ4v) is 0.886. The zero-order valence-corrected chi connectivity index (χ0v) is 6.95. The summed E-state index contributed by atoms with van der Waals surface area (Å²) in [6.07, 6.45) is 0. The van der Waals surface area contributed by atoms with Crippen LogP contribution in [0.25, 0.3) is 0 Å². The minimum absolute atomic E-state index is 0.0627. The maximum Gasteiger partial charge on any atom is 0.124 e. The Hall–Kier alpha value is -1.22. The molecule has 1 rings (SSSR count). The maximum atomic E-state index is 9.28. The van der Waals surface area contributed by atoms with E-state index in [4.69, 9.17) is 9.84 Å². The first kappa shape index (κ1) is 8.87. The van der Waals surface area contributed by atoms with Crippen LogP contribution in [0.2, 0.25) is 0 Å². The Morgan fingerprint density at radius 2 is 2.08 bits per heavy atom. The molecule has 0 amide bonds. The van der Waals surface area contributed by atoms with Crippen LogP contribution in [0.5, 0.6) is 11.5 Å². The summed E-state index contributed by atoms with van der Waals surface area (Å²) in [5.74, 6) is 0.135. The highest BCUT2D eigenvalue weighted by Gasteiger charge is 2.00. The largest absolute Gasteiger partial charge is 0.508 e. The summed E-state index contributed by atoms with van der Waals surface area (Å²) in [5, 5.41) is 18.2. The second-order valence-electron chi connectivity index (χ2n) is 2.45. The van der Waals surface area contributed by atoms with Gasteiger partial charge < -0.3 is 14.9 Å². The van der Waals surface area contributed by atoms with Gasteiger partial charge >= 0.3 is 0 Å². The van der Waals surface area contributed by atoms with Gasteiger partial charge in [-0.2, -0.15) is 0 Å². The molecule has 0 spiro atoms. The van der Waals surface area contributed by atoms with Gasteiger partial charge in [0.1, 0.15) is 11.5 Å². The highest BCUT2D eigenvalue weighted by atomic mass is 16.5. The molecule has 66 valence electrons. The van der Waals surface area contributed by atoms with Crippen LogP contribution in [0.4, 0.5) is 0 Å². The highest BCUT2D eigenvalue weighted by molar-refractivity contribution is 5.38. The molecule has 1 aromatic carbocycles. The van der Waals surface area contributed by atoms with Gasteiger partial charge in [0.2, 0.25) is 0 Å². The van der Waals surface area contributed by atoms with Crippen molar-refractivity contribution in [1.82, 2.24) is 0 Å². The van der Waals surface area contributed by atoms with Crippen molar-refractivity contribution in [2.24, 2.45) is 0 Å². The van der Waals surface area contributed by atoms with Gasteiger partial charge in [-0.3, -0.25) is 0 Å². The van der Waals surface area contributed by atoms with Crippen molar-refractivity contribution < 1.29 is 14.9 Å². The van der Waals surface area contributed by atoms with Crippen LogP contribution < -0.4 is 0 Å². The monoisotopic (exact) mass is 168 g/mol. The Balaban J connectivity index is 2.72. The predicted molar refractivity (Wildman–Crippen MR) is 45.1 cm³/mol. The lowest BCUT2D eigenvalue weighted by molar-refractivity contribution is 0.132. The number of phenols is 2. The Kier molecular flexibility index (Phi) is 2.94. The van der Waals surface area contributed by atoms with Crippen LogP contribution in [0.3, 0.4) is 0 Å². The van der Waals surface area contributed by atoms with Crippen LogP contribution in [0, 0.1) is 0 Å². The van der Waals surface area contributed by atoms with Crippen LogP contribution >= 0.6 is 0 Å². The second kappa shape index (κ2) is 3.97. The fraction of sp³-hybridized carbons (Fsp3) is 0.333. The van der Waals surface area contributed by atoms with E-state index in [1.165, 1.54) is 12.1 Å². The predicted octanol–water partition coefficient (Wildman–Crippen LogP) is 1.63. The number of aromatic hydroxyl groups is 2. The molecule has 0 unspecified atom stereocenters. The number of rotatable bonds is 3. The molecular formula is C9H12O3. The third kappa shape index (κ3) is 2.13. The lowest BCUT2D eigenvalue weighted by Crippen LogP contribution is -1.91. The van der Waals surface area contributed by atoms with Gasteiger partial charge in [-0.15, -0.1) is 0 Å². The number of ether oxygens (including phenoxy) is 1. The fourth-order valence-electron chi connectivity index (χ4n) is 0.886. The number of hydrogen-bond acceptors (Lipinski definition) is 3. The number of phenolic OH excluding ortho intramolecular Hbond substituents is 2. The Morgan fingerprint density at radius 1 is 1.33 bits per heavy atom. The average Bonchev–Trinajstić information content (AvgIpc) is 2.03. The molecule has 0 aliphatic rings. The molecule has 0 saturated carbocycles. The quantitative estimate of drug-likeness (QED) is 0.721. The van der Waals surface area contributed by atoms with E-state index in [2.05, 4.69) is 0 Å². The zero-order valence-electron chi connectivity index (χ0n) is 6.95. The standard InChI is InChI=1S/C9H12O3/c1-2-12-6-7-3-4-8(10)5-9(7)11/h3-5,10-11H,2,6H2,1H3. The molecule has 0 bridgehead atoms. The van der Waals surface area contributed by atoms with Crippen molar-refractivity contribution >= 4 is 0 Å². The van der Waals surface area contributed by atoms with E-state index < -0.39 is 0 Å². The third-order valence-electron chi connectivity index (χ3n) is 1.53. The molecule has 0 atom stereocenters. The summed E-state index contributed by atoms with van der Waals surface area (Å²) in [6, 6.07) is 4.46. The average molecular weight is 168 g/mol. The first-order chi connectivity index (χ1) is 5.74. The van der Waals surface area contributed by atoms with E-state index in [9.17, 15) is 5.11 Å². The van der Waals surface area contributed by atoms with Crippen molar-refractivity contribution in [2.75, 3.05) is 6.61 Å². The first-order valence-corrected chi connectivity index (χ1v) is 3.82. The van der Waals surface area contributed by atoms with E-state index in [0.29, 0.717) is 18.8 Å². The lowest BCUT2D eigenvalue weighted by Gasteiger charge is -2.04. The highest BCUT2D eigenvalue weighted by Crippen LogP contribution is 2.22. The molecule has 0 aliphatic heterocycles. The molecule has 2 N–H and O–H groups in total. The molecule has 1 aromatic rings. The topological polar surface area (TPSA) is 49.7 Å². The summed E-state index contributed by atoms with van der Waals surface area (Å²) in [5.41, 5.74) is 0.689. The summed E-state index contributed by atoms with van der Waals surface area (Å²) in [7, 11) is 0. The zero-order chi connectivity index (χ0) is 8.97. The van der Waals surface area contributed by atoms with Crippen LogP contribution in [0.1, 0.15) is 12.5 Å². The van der Waals surface area contributed by atoms with Crippen LogP contribution in [0.15, 0.2) is 18.2 Å². The molecule has 3 heteroatoms. The maximum absolute atomic E-state index is 9.28. The van der Waals surface area contributed by atoms with Crippen LogP contribution in [-0.2, 0) is 11.3 Å². The van der Waals surface area contributed by atoms with Crippen molar-refractivity contribution in [3.8, 4) is 11.5 Å². The minimum Gasteiger partial charge on any atom is -0.508 e. The van der Waals surface area contributed by atoms with Gasteiger partial charge in [0.05, 0.1) is 6.61 Å². The van der Waals surface area contributed by atoms with Crippen LogP contribution in [-0.4, -0.2) is 16.8 Å². The van der Waals surface area contributed by atoms with E-state index in [-0.39, 0.29) is 11.5 Å². The lowest BCUT2D eigenvalue weighted by atomic mass is 10.2. The smallest absolute Gasteiger partial charge is 0.124 e. The Morgan fingerprint density at radius 3 is 2.67 bits per heavy atom. The Labute approximate surface area is 71.2 Å². The molecule has 0 heterocycles. The molecule has 0 radical (unpaired) electrons. The van der Waals surface area contributed by atoms with Crippen molar-refractivity contribution in [3.63, 3.8) is 0 Å². The van der Waals surface area contributed by atoms with Gasteiger partial charge in [0, 0.05) is 18.2 Å².